The normalized spacial score (nSPS) is 19.8. The molecule has 0 radical (unpaired) electrons. The van der Waals surface area contributed by atoms with Gasteiger partial charge in [-0.05, 0) is 22.4 Å². The van der Waals surface area contributed by atoms with E-state index in [0.29, 0.717) is 13.0 Å². The Morgan fingerprint density at radius 3 is 3.06 bits per heavy atom. The van der Waals surface area contributed by atoms with E-state index in [0.717, 1.165) is 18.8 Å². The van der Waals surface area contributed by atoms with E-state index in [1.165, 1.54) is 12.3 Å². The zero-order valence-electron chi connectivity index (χ0n) is 9.88. The molecule has 0 spiro atoms. The Morgan fingerprint density at radius 1 is 1.61 bits per heavy atom. The first-order valence-corrected chi connectivity index (χ1v) is 5.85. The standard InChI is InChI=1S/C11H15FN4O2/c12-4-3-9-8-15(6-5-13-9)10-1-2-11(14-7-10)16(17)18/h1-2,7,9,13H,3-6,8H2. The van der Waals surface area contributed by atoms with E-state index in [1.807, 2.05) is 0 Å². The van der Waals surface area contributed by atoms with Crippen molar-refractivity contribution in [1.29, 1.82) is 0 Å². The molecule has 1 aliphatic heterocycles. The van der Waals surface area contributed by atoms with Crippen molar-refractivity contribution in [3.05, 3.63) is 28.4 Å². The average molecular weight is 254 g/mol. The molecule has 0 aromatic carbocycles. The molecule has 0 saturated carbocycles. The zero-order valence-corrected chi connectivity index (χ0v) is 9.88. The van der Waals surface area contributed by atoms with Crippen LogP contribution < -0.4 is 10.2 Å². The van der Waals surface area contributed by atoms with Crippen molar-refractivity contribution in [2.45, 2.75) is 12.5 Å². The summed E-state index contributed by atoms with van der Waals surface area (Å²) < 4.78 is 12.3. The van der Waals surface area contributed by atoms with Gasteiger partial charge in [-0.3, -0.25) is 4.39 Å². The molecule has 7 heteroatoms. The van der Waals surface area contributed by atoms with Crippen molar-refractivity contribution in [2.75, 3.05) is 31.2 Å². The van der Waals surface area contributed by atoms with E-state index >= 15 is 0 Å². The van der Waals surface area contributed by atoms with Gasteiger partial charge < -0.3 is 20.3 Å². The minimum Gasteiger partial charge on any atom is -0.366 e. The number of pyridine rings is 1. The quantitative estimate of drug-likeness (QED) is 0.644. The van der Waals surface area contributed by atoms with Gasteiger partial charge in [0.05, 0.1) is 12.4 Å². The maximum Gasteiger partial charge on any atom is 0.363 e. The second-order valence-electron chi connectivity index (χ2n) is 4.21. The molecule has 0 amide bonds. The van der Waals surface area contributed by atoms with Crippen LogP contribution in [0.2, 0.25) is 0 Å². The van der Waals surface area contributed by atoms with Gasteiger partial charge in [0.1, 0.15) is 0 Å². The summed E-state index contributed by atoms with van der Waals surface area (Å²) >= 11 is 0. The molecular formula is C11H15FN4O2. The van der Waals surface area contributed by atoms with Crippen molar-refractivity contribution < 1.29 is 9.31 Å². The second kappa shape index (κ2) is 5.72. The van der Waals surface area contributed by atoms with Gasteiger partial charge in [0, 0.05) is 31.7 Å². The smallest absolute Gasteiger partial charge is 0.363 e. The number of aromatic nitrogens is 1. The van der Waals surface area contributed by atoms with Gasteiger partial charge in [-0.15, -0.1) is 0 Å². The number of nitro groups is 1. The number of piperazine rings is 1. The summed E-state index contributed by atoms with van der Waals surface area (Å²) in [5.41, 5.74) is 0.839. The maximum atomic E-state index is 12.3. The molecule has 2 rings (SSSR count). The Bertz CT molecular complexity index is 410. The van der Waals surface area contributed by atoms with Crippen LogP contribution in [0.3, 0.4) is 0 Å². The average Bonchev–Trinajstić information content (AvgIpc) is 2.39. The molecule has 1 N–H and O–H groups in total. The van der Waals surface area contributed by atoms with Gasteiger partial charge in [-0.25, -0.2) is 0 Å². The lowest BCUT2D eigenvalue weighted by Gasteiger charge is -2.34. The summed E-state index contributed by atoms with van der Waals surface area (Å²) in [6.45, 7) is 1.93. The fourth-order valence-corrected chi connectivity index (χ4v) is 2.06. The van der Waals surface area contributed by atoms with Crippen molar-refractivity contribution in [3.63, 3.8) is 0 Å². The van der Waals surface area contributed by atoms with Crippen LogP contribution in [0, 0.1) is 10.1 Å². The van der Waals surface area contributed by atoms with Crippen molar-refractivity contribution in [1.82, 2.24) is 10.3 Å². The van der Waals surface area contributed by atoms with E-state index in [2.05, 4.69) is 15.2 Å². The molecule has 1 atom stereocenters. The fourth-order valence-electron chi connectivity index (χ4n) is 2.06. The van der Waals surface area contributed by atoms with Crippen LogP contribution in [0.1, 0.15) is 6.42 Å². The third kappa shape index (κ3) is 2.92. The SMILES string of the molecule is O=[N+]([O-])c1ccc(N2CCNC(CCF)C2)cn1. The summed E-state index contributed by atoms with van der Waals surface area (Å²) in [5.74, 6) is -0.158. The number of hydrogen-bond acceptors (Lipinski definition) is 5. The zero-order chi connectivity index (χ0) is 13.0. The monoisotopic (exact) mass is 254 g/mol. The fraction of sp³-hybridized carbons (Fsp3) is 0.545. The molecule has 1 aliphatic rings. The third-order valence-electron chi connectivity index (χ3n) is 3.00. The minimum atomic E-state index is -0.520. The highest BCUT2D eigenvalue weighted by molar-refractivity contribution is 5.47. The van der Waals surface area contributed by atoms with Gasteiger partial charge in [0.2, 0.25) is 0 Å². The minimum absolute atomic E-state index is 0.124. The van der Waals surface area contributed by atoms with Crippen molar-refractivity contribution in [2.24, 2.45) is 0 Å². The van der Waals surface area contributed by atoms with Crippen molar-refractivity contribution >= 4 is 11.5 Å². The van der Waals surface area contributed by atoms with Crippen LogP contribution in [0.4, 0.5) is 15.9 Å². The van der Waals surface area contributed by atoms with E-state index in [9.17, 15) is 14.5 Å². The molecule has 1 aromatic rings. The Labute approximate surface area is 104 Å². The highest BCUT2D eigenvalue weighted by Gasteiger charge is 2.20. The Kier molecular flexibility index (Phi) is 4.03. The topological polar surface area (TPSA) is 71.3 Å². The molecular weight excluding hydrogens is 239 g/mol. The Morgan fingerprint density at radius 2 is 2.44 bits per heavy atom. The molecule has 2 heterocycles. The number of anilines is 1. The van der Waals surface area contributed by atoms with Crippen LogP contribution in [-0.4, -0.2) is 42.3 Å². The maximum absolute atomic E-state index is 12.3. The highest BCUT2D eigenvalue weighted by atomic mass is 19.1. The predicted molar refractivity (Wildman–Crippen MR) is 65.5 cm³/mol. The van der Waals surface area contributed by atoms with Crippen LogP contribution >= 0.6 is 0 Å². The summed E-state index contributed by atoms with van der Waals surface area (Å²) in [6, 6.07) is 3.20. The Balaban J connectivity index is 2.04. The van der Waals surface area contributed by atoms with Crippen LogP contribution in [0.5, 0.6) is 0 Å². The highest BCUT2D eigenvalue weighted by Crippen LogP contribution is 2.18. The number of rotatable bonds is 4. The van der Waals surface area contributed by atoms with E-state index in [-0.39, 0.29) is 18.5 Å². The second-order valence-corrected chi connectivity index (χ2v) is 4.21. The molecule has 0 bridgehead atoms. The van der Waals surface area contributed by atoms with Gasteiger partial charge in [-0.1, -0.05) is 0 Å². The van der Waals surface area contributed by atoms with E-state index in [4.69, 9.17) is 0 Å². The molecule has 1 aromatic heterocycles. The molecule has 98 valence electrons. The first-order valence-electron chi connectivity index (χ1n) is 5.85. The van der Waals surface area contributed by atoms with Gasteiger partial charge in [0.15, 0.2) is 6.20 Å². The lowest BCUT2D eigenvalue weighted by Crippen LogP contribution is -2.51. The lowest BCUT2D eigenvalue weighted by atomic mass is 10.1. The number of hydrogen-bond donors (Lipinski definition) is 1. The predicted octanol–water partition coefficient (Wildman–Crippen LogP) is 1.13. The molecule has 1 fully saturated rings. The number of nitrogens with zero attached hydrogens (tertiary/aromatic N) is 3. The summed E-state index contributed by atoms with van der Waals surface area (Å²) in [7, 11) is 0. The summed E-state index contributed by atoms with van der Waals surface area (Å²) in [5, 5.41) is 13.7. The van der Waals surface area contributed by atoms with E-state index < -0.39 is 4.92 Å². The van der Waals surface area contributed by atoms with Crippen molar-refractivity contribution in [3.8, 4) is 0 Å². The van der Waals surface area contributed by atoms with E-state index in [1.54, 1.807) is 6.07 Å². The van der Waals surface area contributed by atoms with Gasteiger partial charge in [-0.2, -0.15) is 0 Å². The third-order valence-corrected chi connectivity index (χ3v) is 3.00. The van der Waals surface area contributed by atoms with Crippen LogP contribution in [0.25, 0.3) is 0 Å². The Hall–Kier alpha value is -1.76. The number of nitrogens with one attached hydrogen (secondary N) is 1. The molecule has 6 nitrogen and oxygen atoms in total. The van der Waals surface area contributed by atoms with Crippen LogP contribution in [-0.2, 0) is 0 Å². The van der Waals surface area contributed by atoms with Gasteiger partial charge in [0.25, 0.3) is 0 Å². The lowest BCUT2D eigenvalue weighted by molar-refractivity contribution is -0.389. The molecule has 0 aliphatic carbocycles. The largest absolute Gasteiger partial charge is 0.366 e. The molecule has 1 saturated heterocycles. The summed E-state index contributed by atoms with van der Waals surface area (Å²) in [4.78, 5) is 15.8. The molecule has 1 unspecified atom stereocenters. The first kappa shape index (κ1) is 12.7. The number of alkyl halides is 1. The van der Waals surface area contributed by atoms with Crippen LogP contribution in [0.15, 0.2) is 18.3 Å². The first-order chi connectivity index (χ1) is 8.70. The molecule has 18 heavy (non-hydrogen) atoms. The number of halogens is 1. The van der Waals surface area contributed by atoms with Gasteiger partial charge >= 0.3 is 5.82 Å². The summed E-state index contributed by atoms with van der Waals surface area (Å²) in [6.07, 6.45) is 1.98.